The van der Waals surface area contributed by atoms with Gasteiger partial charge in [-0.3, -0.25) is 4.79 Å². The molecule has 0 N–H and O–H groups in total. The van der Waals surface area contributed by atoms with Gasteiger partial charge >= 0.3 is 0 Å². The summed E-state index contributed by atoms with van der Waals surface area (Å²) in [5.41, 5.74) is 4.33. The van der Waals surface area contributed by atoms with Crippen molar-refractivity contribution in [2.75, 3.05) is 57.3 Å². The van der Waals surface area contributed by atoms with Gasteiger partial charge < -0.3 is 19.4 Å². The maximum atomic E-state index is 13.1. The molecule has 2 aliphatic heterocycles. The summed E-state index contributed by atoms with van der Waals surface area (Å²) in [5, 5.41) is 0. The Labute approximate surface area is 199 Å². The second-order valence-electron chi connectivity index (χ2n) is 9.38. The van der Waals surface area contributed by atoms with E-state index in [4.69, 9.17) is 4.74 Å². The molecule has 0 unspecified atom stereocenters. The van der Waals surface area contributed by atoms with E-state index < -0.39 is 0 Å². The van der Waals surface area contributed by atoms with Crippen LogP contribution in [-0.2, 0) is 6.42 Å². The molecular formula is C28H39N3O2. The van der Waals surface area contributed by atoms with E-state index in [0.29, 0.717) is 0 Å². The van der Waals surface area contributed by atoms with Gasteiger partial charge in [0.2, 0.25) is 0 Å². The van der Waals surface area contributed by atoms with Gasteiger partial charge in [-0.15, -0.1) is 0 Å². The number of piperidine rings is 1. The molecule has 2 fully saturated rings. The zero-order chi connectivity index (χ0) is 23.0. The largest absolute Gasteiger partial charge is 0.494 e. The van der Waals surface area contributed by atoms with Crippen LogP contribution in [-0.4, -0.2) is 68.1 Å². The van der Waals surface area contributed by atoms with E-state index in [0.717, 1.165) is 69.0 Å². The summed E-state index contributed by atoms with van der Waals surface area (Å²) in [5.74, 6) is 1.10. The molecule has 4 rings (SSSR count). The fourth-order valence-corrected chi connectivity index (χ4v) is 4.87. The quantitative estimate of drug-likeness (QED) is 0.544. The first-order chi connectivity index (χ1) is 16.1. The highest BCUT2D eigenvalue weighted by atomic mass is 16.5. The Kier molecular flexibility index (Phi) is 8.27. The van der Waals surface area contributed by atoms with Gasteiger partial charge in [0, 0.05) is 44.0 Å². The van der Waals surface area contributed by atoms with Crippen molar-refractivity contribution in [3.63, 3.8) is 0 Å². The predicted octanol–water partition coefficient (Wildman–Crippen LogP) is 4.77. The number of carbonyl (C=O) groups excluding carboxylic acids is 1. The summed E-state index contributed by atoms with van der Waals surface area (Å²) in [6.07, 6.45) is 6.11. The van der Waals surface area contributed by atoms with Crippen LogP contribution in [0.5, 0.6) is 5.75 Å². The highest BCUT2D eigenvalue weighted by molar-refractivity contribution is 5.96. The Bertz CT molecular complexity index is 898. The normalized spacial score (nSPS) is 17.3. The van der Waals surface area contributed by atoms with Gasteiger partial charge in [0.05, 0.1) is 6.61 Å². The third kappa shape index (κ3) is 6.29. The van der Waals surface area contributed by atoms with Crippen molar-refractivity contribution in [3.8, 4) is 5.75 Å². The van der Waals surface area contributed by atoms with E-state index in [2.05, 4.69) is 59.2 Å². The Morgan fingerprint density at radius 2 is 1.64 bits per heavy atom. The molecule has 2 heterocycles. The number of amides is 1. The summed E-state index contributed by atoms with van der Waals surface area (Å²) in [6.45, 7) is 11.8. The van der Waals surface area contributed by atoms with Crippen molar-refractivity contribution >= 4 is 11.6 Å². The Hall–Kier alpha value is -2.53. The number of hydrogen-bond acceptors (Lipinski definition) is 4. The molecule has 2 aliphatic rings. The molecule has 0 spiro atoms. The average molecular weight is 450 g/mol. The molecule has 2 saturated heterocycles. The van der Waals surface area contributed by atoms with Crippen molar-refractivity contribution < 1.29 is 9.53 Å². The number of nitrogens with zero attached hydrogens (tertiary/aromatic N) is 3. The monoisotopic (exact) mass is 449 g/mol. The summed E-state index contributed by atoms with van der Waals surface area (Å²) in [4.78, 5) is 20.0. The van der Waals surface area contributed by atoms with Crippen molar-refractivity contribution in [2.24, 2.45) is 0 Å². The molecule has 2 aromatic carbocycles. The van der Waals surface area contributed by atoms with Gasteiger partial charge in [0.25, 0.3) is 5.91 Å². The zero-order valence-electron chi connectivity index (χ0n) is 20.4. The number of aryl methyl sites for hydroxylation is 2. The number of anilines is 1. The van der Waals surface area contributed by atoms with Gasteiger partial charge in [0.1, 0.15) is 5.75 Å². The first-order valence-corrected chi connectivity index (χ1v) is 12.7. The fourth-order valence-electron chi connectivity index (χ4n) is 4.87. The smallest absolute Gasteiger partial charge is 0.254 e. The molecule has 178 valence electrons. The third-order valence-corrected chi connectivity index (χ3v) is 7.05. The number of rotatable bonds is 8. The minimum atomic E-state index is 0.163. The molecule has 5 nitrogen and oxygen atoms in total. The fraction of sp³-hybridized carbons (Fsp3) is 0.536. The van der Waals surface area contributed by atoms with Crippen LogP contribution >= 0.6 is 0 Å². The molecular weight excluding hydrogens is 410 g/mol. The van der Waals surface area contributed by atoms with E-state index in [1.807, 2.05) is 11.8 Å². The summed E-state index contributed by atoms with van der Waals surface area (Å²) >= 11 is 0. The Morgan fingerprint density at radius 1 is 0.909 bits per heavy atom. The van der Waals surface area contributed by atoms with Crippen molar-refractivity contribution in [3.05, 3.63) is 59.2 Å². The zero-order valence-corrected chi connectivity index (χ0v) is 20.4. The lowest BCUT2D eigenvalue weighted by atomic mass is 10.0. The highest BCUT2D eigenvalue weighted by Crippen LogP contribution is 2.22. The van der Waals surface area contributed by atoms with E-state index in [1.165, 1.54) is 43.6 Å². The van der Waals surface area contributed by atoms with Crippen LogP contribution in [0.1, 0.15) is 54.1 Å². The molecule has 0 bridgehead atoms. The van der Waals surface area contributed by atoms with Crippen molar-refractivity contribution in [1.82, 2.24) is 9.80 Å². The number of piperazine rings is 1. The van der Waals surface area contributed by atoms with Gasteiger partial charge in [-0.25, -0.2) is 0 Å². The SMILES string of the molecule is CCc1ccc(C)c(C(=O)N2CCN(c3ccc(OCCCN4CCCCC4)cc3)CC2)c1. The second-order valence-corrected chi connectivity index (χ2v) is 9.38. The number of benzene rings is 2. The Balaban J connectivity index is 1.23. The minimum Gasteiger partial charge on any atom is -0.494 e. The van der Waals surface area contributed by atoms with Crippen molar-refractivity contribution in [1.29, 1.82) is 0 Å². The first-order valence-electron chi connectivity index (χ1n) is 12.7. The number of ether oxygens (including phenoxy) is 1. The number of likely N-dealkylation sites (tertiary alicyclic amines) is 1. The van der Waals surface area contributed by atoms with Gasteiger partial charge in [-0.2, -0.15) is 0 Å². The van der Waals surface area contributed by atoms with Crippen LogP contribution in [0.4, 0.5) is 5.69 Å². The maximum Gasteiger partial charge on any atom is 0.254 e. The molecule has 0 aliphatic carbocycles. The average Bonchev–Trinajstić information content (AvgIpc) is 2.88. The maximum absolute atomic E-state index is 13.1. The molecule has 0 saturated carbocycles. The summed E-state index contributed by atoms with van der Waals surface area (Å²) in [6, 6.07) is 14.7. The predicted molar refractivity (Wildman–Crippen MR) is 136 cm³/mol. The van der Waals surface area contributed by atoms with Crippen molar-refractivity contribution in [2.45, 2.75) is 46.0 Å². The Morgan fingerprint density at radius 3 is 2.33 bits per heavy atom. The van der Waals surface area contributed by atoms with Crippen LogP contribution in [0.2, 0.25) is 0 Å². The first kappa shape index (κ1) is 23.6. The number of hydrogen-bond donors (Lipinski definition) is 0. The topological polar surface area (TPSA) is 36.0 Å². The van der Waals surface area contributed by atoms with Crippen LogP contribution in [0.25, 0.3) is 0 Å². The second kappa shape index (κ2) is 11.6. The lowest BCUT2D eigenvalue weighted by Crippen LogP contribution is -2.49. The van der Waals surface area contributed by atoms with Gasteiger partial charge in [-0.05, 0) is 87.2 Å². The molecule has 1 amide bonds. The standard InChI is InChI=1S/C28H39N3O2/c1-3-24-9-8-23(2)27(22-24)28(32)31-19-17-30(18-20-31)25-10-12-26(13-11-25)33-21-7-16-29-14-5-4-6-15-29/h8-13,22H,3-7,14-21H2,1-2H3. The van der Waals surface area contributed by atoms with E-state index in [9.17, 15) is 4.79 Å². The highest BCUT2D eigenvalue weighted by Gasteiger charge is 2.23. The lowest BCUT2D eigenvalue weighted by Gasteiger charge is -2.36. The van der Waals surface area contributed by atoms with Gasteiger partial charge in [-0.1, -0.05) is 25.5 Å². The van der Waals surface area contributed by atoms with Crippen LogP contribution < -0.4 is 9.64 Å². The van der Waals surface area contributed by atoms with E-state index in [-0.39, 0.29) is 5.91 Å². The van der Waals surface area contributed by atoms with Crippen LogP contribution in [0.15, 0.2) is 42.5 Å². The molecule has 33 heavy (non-hydrogen) atoms. The molecule has 0 radical (unpaired) electrons. The van der Waals surface area contributed by atoms with E-state index in [1.54, 1.807) is 0 Å². The lowest BCUT2D eigenvalue weighted by molar-refractivity contribution is 0.0746. The van der Waals surface area contributed by atoms with Gasteiger partial charge in [0.15, 0.2) is 0 Å². The minimum absolute atomic E-state index is 0.163. The molecule has 5 heteroatoms. The van der Waals surface area contributed by atoms with Crippen LogP contribution in [0.3, 0.4) is 0 Å². The number of carbonyl (C=O) groups is 1. The third-order valence-electron chi connectivity index (χ3n) is 7.05. The van der Waals surface area contributed by atoms with Crippen LogP contribution in [0, 0.1) is 6.92 Å². The summed E-state index contributed by atoms with van der Waals surface area (Å²) in [7, 11) is 0. The molecule has 0 aromatic heterocycles. The summed E-state index contributed by atoms with van der Waals surface area (Å²) < 4.78 is 5.97. The molecule has 2 aromatic rings. The van der Waals surface area contributed by atoms with E-state index >= 15 is 0 Å². The molecule has 0 atom stereocenters.